The number of nitrogens with one attached hydrogen (secondary N) is 3. The van der Waals surface area contributed by atoms with E-state index >= 15 is 0 Å². The number of pyridine rings is 1. The minimum atomic E-state index is -3.24. The van der Waals surface area contributed by atoms with Crippen molar-refractivity contribution in [2.75, 3.05) is 24.7 Å². The second kappa shape index (κ2) is 12.6. The first-order valence-corrected chi connectivity index (χ1v) is 11.6. The topological polar surface area (TPSA) is 113 Å². The highest BCUT2D eigenvalue weighted by atomic mass is 127. The van der Waals surface area contributed by atoms with Crippen LogP contribution in [0.4, 0.5) is 5.82 Å². The fourth-order valence-electron chi connectivity index (χ4n) is 2.85. The highest BCUT2D eigenvalue weighted by Gasteiger charge is 2.11. The lowest BCUT2D eigenvalue weighted by molar-refractivity contribution is -0.116. The minimum Gasteiger partial charge on any atom is -0.357 e. The molecule has 0 spiro atoms. The number of halogens is 1. The molecule has 0 saturated heterocycles. The maximum atomic E-state index is 12.1. The number of nitrogens with zero attached hydrogens (tertiary/aromatic N) is 2. The molecule has 0 saturated carbocycles. The van der Waals surface area contributed by atoms with Crippen molar-refractivity contribution in [3.05, 3.63) is 53.2 Å². The third-order valence-corrected chi connectivity index (χ3v) is 5.46. The number of sulfone groups is 1. The Morgan fingerprint density at radius 3 is 2.48 bits per heavy atom. The van der Waals surface area contributed by atoms with Crippen molar-refractivity contribution < 1.29 is 13.2 Å². The summed E-state index contributed by atoms with van der Waals surface area (Å²) in [7, 11) is -3.24. The van der Waals surface area contributed by atoms with Gasteiger partial charge in [0, 0.05) is 31.5 Å². The lowest BCUT2D eigenvalue weighted by Gasteiger charge is -2.12. The number of rotatable bonds is 8. The molecule has 1 aromatic heterocycles. The fraction of sp³-hybridized carbons (Fsp3) is 0.381. The molecule has 0 bridgehead atoms. The number of amides is 1. The van der Waals surface area contributed by atoms with Crippen LogP contribution in [0.2, 0.25) is 0 Å². The smallest absolute Gasteiger partial charge is 0.227 e. The van der Waals surface area contributed by atoms with E-state index in [1.165, 1.54) is 6.26 Å². The summed E-state index contributed by atoms with van der Waals surface area (Å²) >= 11 is 0. The monoisotopic (exact) mass is 559 g/mol. The Balaban J connectivity index is 0.00000480. The molecule has 0 radical (unpaired) electrons. The number of aliphatic imine (C=N–C) groups is 1. The summed E-state index contributed by atoms with van der Waals surface area (Å²) in [5.74, 6) is 0.987. The number of carbonyl (C=O) groups excluding carboxylic acids is 1. The normalized spacial score (nSPS) is 11.4. The van der Waals surface area contributed by atoms with E-state index < -0.39 is 9.84 Å². The predicted molar refractivity (Wildman–Crippen MR) is 135 cm³/mol. The summed E-state index contributed by atoms with van der Waals surface area (Å²) < 4.78 is 23.5. The molecule has 0 aliphatic carbocycles. The second-order valence-electron chi connectivity index (χ2n) is 6.96. The molecule has 170 valence electrons. The molecule has 1 aromatic carbocycles. The van der Waals surface area contributed by atoms with Crippen LogP contribution in [0.5, 0.6) is 0 Å². The average Bonchev–Trinajstić information content (AvgIpc) is 2.65. The standard InChI is InChI=1S/C21H29N5O3S.HI/c1-5-22-21(23-12-11-20(27)26-19-8-6-7-16(3)25-19)24-14-17-9-10-18(15(2)13-17)30(4,28)29;/h6-10,13H,5,11-12,14H2,1-4H3,(H2,22,23,24)(H,25,26,27);1H. The number of aromatic nitrogens is 1. The predicted octanol–water partition coefficient (Wildman–Crippen LogP) is 2.80. The summed E-state index contributed by atoms with van der Waals surface area (Å²) in [6.45, 7) is 7.08. The molecular weight excluding hydrogens is 529 g/mol. The number of benzene rings is 1. The quantitative estimate of drug-likeness (QED) is 0.261. The molecule has 1 heterocycles. The van der Waals surface area contributed by atoms with Crippen molar-refractivity contribution in [3.8, 4) is 0 Å². The summed E-state index contributed by atoms with van der Waals surface area (Å²) in [5.41, 5.74) is 2.44. The molecule has 2 rings (SSSR count). The summed E-state index contributed by atoms with van der Waals surface area (Å²) in [4.78, 5) is 21.2. The maximum Gasteiger partial charge on any atom is 0.227 e. The number of hydrogen-bond donors (Lipinski definition) is 3. The molecule has 3 N–H and O–H groups in total. The zero-order valence-electron chi connectivity index (χ0n) is 18.2. The van der Waals surface area contributed by atoms with E-state index in [0.717, 1.165) is 11.3 Å². The Morgan fingerprint density at radius 1 is 1.13 bits per heavy atom. The SMILES string of the molecule is CCNC(=NCc1ccc(S(C)(=O)=O)c(C)c1)NCCC(=O)Nc1cccc(C)n1.I. The van der Waals surface area contributed by atoms with Gasteiger partial charge in [0.25, 0.3) is 0 Å². The molecular formula is C21H30IN5O3S. The molecule has 0 fully saturated rings. The highest BCUT2D eigenvalue weighted by Crippen LogP contribution is 2.17. The first-order valence-electron chi connectivity index (χ1n) is 9.74. The Bertz CT molecular complexity index is 1030. The number of guanidine groups is 1. The minimum absolute atomic E-state index is 0. The van der Waals surface area contributed by atoms with Gasteiger partial charge in [-0.2, -0.15) is 0 Å². The summed E-state index contributed by atoms with van der Waals surface area (Å²) in [6, 6.07) is 10.7. The zero-order chi connectivity index (χ0) is 22.1. The molecule has 31 heavy (non-hydrogen) atoms. The van der Waals surface area contributed by atoms with E-state index in [4.69, 9.17) is 0 Å². The number of hydrogen-bond acceptors (Lipinski definition) is 5. The van der Waals surface area contributed by atoms with E-state index in [0.29, 0.717) is 41.9 Å². The first-order chi connectivity index (χ1) is 14.2. The van der Waals surface area contributed by atoms with Crippen LogP contribution in [-0.2, 0) is 21.2 Å². The van der Waals surface area contributed by atoms with Crippen LogP contribution in [0.15, 0.2) is 46.3 Å². The number of aryl methyl sites for hydroxylation is 2. The van der Waals surface area contributed by atoms with Crippen LogP contribution >= 0.6 is 24.0 Å². The van der Waals surface area contributed by atoms with Crippen molar-refractivity contribution in [3.63, 3.8) is 0 Å². The van der Waals surface area contributed by atoms with Gasteiger partial charge in [-0.3, -0.25) is 4.79 Å². The average molecular weight is 559 g/mol. The van der Waals surface area contributed by atoms with Gasteiger partial charge in [-0.1, -0.05) is 18.2 Å². The van der Waals surface area contributed by atoms with Gasteiger partial charge in [0.15, 0.2) is 15.8 Å². The Labute approximate surface area is 201 Å². The Kier molecular flexibility index (Phi) is 10.9. The molecule has 2 aromatic rings. The van der Waals surface area contributed by atoms with Gasteiger partial charge in [-0.25, -0.2) is 18.4 Å². The molecule has 1 amide bonds. The molecule has 10 heteroatoms. The van der Waals surface area contributed by atoms with Crippen molar-refractivity contribution in [1.29, 1.82) is 0 Å². The Morgan fingerprint density at radius 2 is 1.87 bits per heavy atom. The van der Waals surface area contributed by atoms with Crippen LogP contribution in [0.25, 0.3) is 0 Å². The summed E-state index contributed by atoms with van der Waals surface area (Å²) in [5, 5.41) is 9.03. The third-order valence-electron chi connectivity index (χ3n) is 4.20. The lowest BCUT2D eigenvalue weighted by Crippen LogP contribution is -2.38. The molecule has 8 nitrogen and oxygen atoms in total. The molecule has 0 atom stereocenters. The van der Waals surface area contributed by atoms with E-state index in [1.54, 1.807) is 25.1 Å². The van der Waals surface area contributed by atoms with Gasteiger partial charge in [0.1, 0.15) is 5.82 Å². The number of carbonyl (C=O) groups is 1. The van der Waals surface area contributed by atoms with Gasteiger partial charge >= 0.3 is 0 Å². The summed E-state index contributed by atoms with van der Waals surface area (Å²) in [6.07, 6.45) is 1.47. The van der Waals surface area contributed by atoms with Crippen molar-refractivity contribution >= 4 is 51.5 Å². The molecule has 0 unspecified atom stereocenters. The van der Waals surface area contributed by atoms with Crippen molar-refractivity contribution in [1.82, 2.24) is 15.6 Å². The van der Waals surface area contributed by atoms with Gasteiger partial charge in [0.2, 0.25) is 5.91 Å². The largest absolute Gasteiger partial charge is 0.357 e. The second-order valence-corrected chi connectivity index (χ2v) is 8.94. The van der Waals surface area contributed by atoms with Gasteiger partial charge in [-0.05, 0) is 50.1 Å². The maximum absolute atomic E-state index is 12.1. The third kappa shape index (κ3) is 9.21. The van der Waals surface area contributed by atoms with Crippen LogP contribution < -0.4 is 16.0 Å². The van der Waals surface area contributed by atoms with E-state index in [9.17, 15) is 13.2 Å². The van der Waals surface area contributed by atoms with E-state index in [1.807, 2.05) is 32.0 Å². The molecule has 0 aliphatic rings. The van der Waals surface area contributed by atoms with Crippen LogP contribution in [0, 0.1) is 13.8 Å². The lowest BCUT2D eigenvalue weighted by atomic mass is 10.1. The zero-order valence-corrected chi connectivity index (χ0v) is 21.4. The number of anilines is 1. The van der Waals surface area contributed by atoms with Crippen molar-refractivity contribution in [2.24, 2.45) is 4.99 Å². The Hall–Kier alpha value is -2.21. The van der Waals surface area contributed by atoms with Gasteiger partial charge in [-0.15, -0.1) is 24.0 Å². The van der Waals surface area contributed by atoms with Crippen molar-refractivity contribution in [2.45, 2.75) is 38.6 Å². The first kappa shape index (κ1) is 26.8. The van der Waals surface area contributed by atoms with E-state index in [-0.39, 0.29) is 36.3 Å². The highest BCUT2D eigenvalue weighted by molar-refractivity contribution is 14.0. The van der Waals surface area contributed by atoms with Gasteiger partial charge in [0.05, 0.1) is 11.4 Å². The van der Waals surface area contributed by atoms with Gasteiger partial charge < -0.3 is 16.0 Å². The van der Waals surface area contributed by atoms with Crippen LogP contribution in [0.1, 0.15) is 30.2 Å². The molecule has 0 aliphatic heterocycles. The van der Waals surface area contributed by atoms with E-state index in [2.05, 4.69) is 25.9 Å². The fourth-order valence-corrected chi connectivity index (χ4v) is 3.81. The van der Waals surface area contributed by atoms with Crippen LogP contribution in [0.3, 0.4) is 0 Å². The van der Waals surface area contributed by atoms with Crippen LogP contribution in [-0.4, -0.2) is 44.6 Å².